The number of pyridine rings is 1. The van der Waals surface area contributed by atoms with Crippen molar-refractivity contribution in [3.63, 3.8) is 0 Å². The summed E-state index contributed by atoms with van der Waals surface area (Å²) in [6.07, 6.45) is 1.59. The standard InChI is InChI=1S/C20H17FN4O2/c1-25-19-7-6-16(27-17-8-9-22-15(10-17)12-26)11-18(19)24-20(25)23-14-4-2-13(21)3-5-14/h2-11,26H,12H2,1H3,(H,23,24). The van der Waals surface area contributed by atoms with E-state index in [1.807, 2.05) is 29.8 Å². The normalized spacial score (nSPS) is 10.9. The van der Waals surface area contributed by atoms with Crippen molar-refractivity contribution in [3.8, 4) is 11.5 Å². The number of imidazole rings is 1. The number of halogens is 1. The number of benzene rings is 2. The predicted octanol–water partition coefficient (Wildman–Crippen LogP) is 4.14. The molecule has 0 saturated heterocycles. The van der Waals surface area contributed by atoms with Gasteiger partial charge in [0.1, 0.15) is 17.3 Å². The van der Waals surface area contributed by atoms with Crippen molar-refractivity contribution in [1.82, 2.24) is 14.5 Å². The molecule has 0 saturated carbocycles. The molecule has 27 heavy (non-hydrogen) atoms. The van der Waals surface area contributed by atoms with Crippen LogP contribution in [0.1, 0.15) is 5.69 Å². The zero-order valence-corrected chi connectivity index (χ0v) is 14.6. The second kappa shape index (κ2) is 7.05. The van der Waals surface area contributed by atoms with Crippen molar-refractivity contribution >= 4 is 22.7 Å². The first-order valence-electron chi connectivity index (χ1n) is 8.35. The van der Waals surface area contributed by atoms with Gasteiger partial charge >= 0.3 is 0 Å². The molecule has 0 aliphatic carbocycles. The van der Waals surface area contributed by atoms with E-state index in [0.29, 0.717) is 23.1 Å². The fourth-order valence-electron chi connectivity index (χ4n) is 2.76. The minimum atomic E-state index is -0.284. The van der Waals surface area contributed by atoms with Gasteiger partial charge in [0.2, 0.25) is 5.95 Å². The maximum absolute atomic E-state index is 13.1. The summed E-state index contributed by atoms with van der Waals surface area (Å²) in [6, 6.07) is 15.1. The van der Waals surface area contributed by atoms with Gasteiger partial charge in [-0.3, -0.25) is 4.98 Å². The number of rotatable bonds is 5. The van der Waals surface area contributed by atoms with Gasteiger partial charge in [-0.05, 0) is 42.5 Å². The zero-order valence-electron chi connectivity index (χ0n) is 14.6. The van der Waals surface area contributed by atoms with E-state index in [-0.39, 0.29) is 12.4 Å². The summed E-state index contributed by atoms with van der Waals surface area (Å²) in [5, 5.41) is 12.4. The number of anilines is 2. The molecule has 0 spiro atoms. The predicted molar refractivity (Wildman–Crippen MR) is 101 cm³/mol. The van der Waals surface area contributed by atoms with Crippen LogP contribution in [0, 0.1) is 5.82 Å². The largest absolute Gasteiger partial charge is 0.457 e. The van der Waals surface area contributed by atoms with Crippen LogP contribution < -0.4 is 10.1 Å². The Morgan fingerprint density at radius 3 is 2.63 bits per heavy atom. The van der Waals surface area contributed by atoms with E-state index < -0.39 is 0 Å². The number of hydrogen-bond donors (Lipinski definition) is 2. The first kappa shape index (κ1) is 17.0. The molecule has 4 aromatic rings. The summed E-state index contributed by atoms with van der Waals surface area (Å²) in [5.41, 5.74) is 2.98. The Bertz CT molecular complexity index is 1090. The van der Waals surface area contributed by atoms with Crippen LogP contribution in [0.2, 0.25) is 0 Å². The molecule has 4 rings (SSSR count). The quantitative estimate of drug-likeness (QED) is 0.557. The number of aliphatic hydroxyl groups excluding tert-OH is 1. The Labute approximate surface area is 154 Å². The number of fused-ring (bicyclic) bond motifs is 1. The molecule has 2 aromatic carbocycles. The van der Waals surface area contributed by atoms with Crippen molar-refractivity contribution in [2.75, 3.05) is 5.32 Å². The van der Waals surface area contributed by atoms with Gasteiger partial charge in [-0.2, -0.15) is 0 Å². The maximum atomic E-state index is 13.1. The Balaban J connectivity index is 1.61. The van der Waals surface area contributed by atoms with Crippen LogP contribution in [0.25, 0.3) is 11.0 Å². The zero-order chi connectivity index (χ0) is 18.8. The van der Waals surface area contributed by atoms with Gasteiger partial charge < -0.3 is 19.7 Å². The number of aryl methyl sites for hydroxylation is 1. The van der Waals surface area contributed by atoms with Crippen LogP contribution >= 0.6 is 0 Å². The van der Waals surface area contributed by atoms with Crippen molar-refractivity contribution in [3.05, 3.63) is 72.3 Å². The molecule has 136 valence electrons. The summed E-state index contributed by atoms with van der Waals surface area (Å²) in [6.45, 7) is -0.144. The Morgan fingerprint density at radius 2 is 1.85 bits per heavy atom. The molecule has 0 radical (unpaired) electrons. The number of aliphatic hydroxyl groups is 1. The Kier molecular flexibility index (Phi) is 4.43. The highest BCUT2D eigenvalue weighted by molar-refractivity contribution is 5.81. The first-order valence-corrected chi connectivity index (χ1v) is 8.35. The number of nitrogens with one attached hydrogen (secondary N) is 1. The molecule has 0 aliphatic heterocycles. The van der Waals surface area contributed by atoms with Crippen molar-refractivity contribution < 1.29 is 14.2 Å². The van der Waals surface area contributed by atoms with Gasteiger partial charge in [0, 0.05) is 31.1 Å². The summed E-state index contributed by atoms with van der Waals surface area (Å²) in [4.78, 5) is 8.62. The van der Waals surface area contributed by atoms with Crippen LogP contribution in [0.15, 0.2) is 60.8 Å². The molecule has 6 nitrogen and oxygen atoms in total. The molecule has 2 heterocycles. The topological polar surface area (TPSA) is 72.2 Å². The molecule has 0 atom stereocenters. The van der Waals surface area contributed by atoms with Crippen LogP contribution in [0.3, 0.4) is 0 Å². The Morgan fingerprint density at radius 1 is 1.07 bits per heavy atom. The van der Waals surface area contributed by atoms with Crippen LogP contribution in [0.5, 0.6) is 11.5 Å². The van der Waals surface area contributed by atoms with Crippen molar-refractivity contribution in [1.29, 1.82) is 0 Å². The highest BCUT2D eigenvalue weighted by Crippen LogP contribution is 2.28. The van der Waals surface area contributed by atoms with E-state index in [1.165, 1.54) is 12.1 Å². The third kappa shape index (κ3) is 3.58. The summed E-state index contributed by atoms with van der Waals surface area (Å²) in [5.74, 6) is 1.58. The monoisotopic (exact) mass is 364 g/mol. The second-order valence-electron chi connectivity index (χ2n) is 6.02. The molecule has 0 fully saturated rings. The highest BCUT2D eigenvalue weighted by atomic mass is 19.1. The molecular weight excluding hydrogens is 347 g/mol. The average Bonchev–Trinajstić information content (AvgIpc) is 2.99. The second-order valence-corrected chi connectivity index (χ2v) is 6.02. The van der Waals surface area contributed by atoms with E-state index in [0.717, 1.165) is 16.7 Å². The van der Waals surface area contributed by atoms with Gasteiger partial charge in [-0.25, -0.2) is 9.37 Å². The van der Waals surface area contributed by atoms with Gasteiger partial charge in [0.15, 0.2) is 0 Å². The lowest BCUT2D eigenvalue weighted by Crippen LogP contribution is -1.98. The van der Waals surface area contributed by atoms with Gasteiger partial charge in [0.25, 0.3) is 0 Å². The summed E-state index contributed by atoms with van der Waals surface area (Å²) in [7, 11) is 1.90. The van der Waals surface area contributed by atoms with E-state index in [9.17, 15) is 9.50 Å². The molecular formula is C20H17FN4O2. The van der Waals surface area contributed by atoms with Crippen LogP contribution in [0.4, 0.5) is 16.0 Å². The number of aromatic nitrogens is 3. The van der Waals surface area contributed by atoms with Gasteiger partial charge in [0.05, 0.1) is 23.3 Å². The van der Waals surface area contributed by atoms with Gasteiger partial charge in [-0.15, -0.1) is 0 Å². The molecule has 7 heteroatoms. The highest BCUT2D eigenvalue weighted by Gasteiger charge is 2.10. The molecule has 0 bridgehead atoms. The van der Waals surface area contributed by atoms with E-state index >= 15 is 0 Å². The summed E-state index contributed by atoms with van der Waals surface area (Å²) < 4.78 is 20.8. The average molecular weight is 364 g/mol. The maximum Gasteiger partial charge on any atom is 0.208 e. The van der Waals surface area contributed by atoms with E-state index in [2.05, 4.69) is 15.3 Å². The fraction of sp³-hybridized carbons (Fsp3) is 0.100. The summed E-state index contributed by atoms with van der Waals surface area (Å²) >= 11 is 0. The smallest absolute Gasteiger partial charge is 0.208 e. The minimum Gasteiger partial charge on any atom is -0.457 e. The van der Waals surface area contributed by atoms with Crippen LogP contribution in [-0.4, -0.2) is 19.6 Å². The fourth-order valence-corrected chi connectivity index (χ4v) is 2.76. The lowest BCUT2D eigenvalue weighted by molar-refractivity contribution is 0.276. The number of hydrogen-bond acceptors (Lipinski definition) is 5. The molecule has 0 amide bonds. The molecule has 2 aromatic heterocycles. The van der Waals surface area contributed by atoms with Crippen molar-refractivity contribution in [2.45, 2.75) is 6.61 Å². The number of nitrogens with zero attached hydrogens (tertiary/aromatic N) is 3. The van der Waals surface area contributed by atoms with Gasteiger partial charge in [-0.1, -0.05) is 0 Å². The third-order valence-corrected chi connectivity index (χ3v) is 4.14. The lowest BCUT2D eigenvalue weighted by atomic mass is 10.3. The molecule has 0 unspecified atom stereocenters. The SMILES string of the molecule is Cn1c(Nc2ccc(F)cc2)nc2cc(Oc3ccnc(CO)c3)ccc21. The third-order valence-electron chi connectivity index (χ3n) is 4.14. The van der Waals surface area contributed by atoms with Crippen molar-refractivity contribution in [2.24, 2.45) is 7.05 Å². The minimum absolute atomic E-state index is 0.144. The number of ether oxygens (including phenoxy) is 1. The first-order chi connectivity index (χ1) is 13.1. The van der Waals surface area contributed by atoms with Crippen LogP contribution in [-0.2, 0) is 13.7 Å². The lowest BCUT2D eigenvalue weighted by Gasteiger charge is -2.07. The van der Waals surface area contributed by atoms with E-state index in [4.69, 9.17) is 4.74 Å². The molecule has 0 aliphatic rings. The van der Waals surface area contributed by atoms with E-state index in [1.54, 1.807) is 30.5 Å². The Hall–Kier alpha value is -3.45. The molecule has 2 N–H and O–H groups in total.